The first kappa shape index (κ1) is 12.1. The van der Waals surface area contributed by atoms with Crippen molar-refractivity contribution in [2.45, 2.75) is 30.9 Å². The standard InChI is InChI=1S/C13H15ClOS2/c14-11-5-3-9-10(4-6-12(9)17-16)13(11)15-7-8-1-2-8/h3,5,8,12,16H,1-2,4,6-7H2/t12-/m0/s1. The Balaban J connectivity index is 1.87. The van der Waals surface area contributed by atoms with E-state index in [-0.39, 0.29) is 0 Å². The van der Waals surface area contributed by atoms with E-state index in [2.05, 4.69) is 17.7 Å². The lowest BCUT2D eigenvalue weighted by molar-refractivity contribution is 0.297. The van der Waals surface area contributed by atoms with E-state index in [0.29, 0.717) is 5.25 Å². The molecule has 4 heteroatoms. The van der Waals surface area contributed by atoms with E-state index < -0.39 is 0 Å². The zero-order valence-corrected chi connectivity index (χ0v) is 12.0. The fraction of sp³-hybridized carbons (Fsp3) is 0.538. The van der Waals surface area contributed by atoms with Crippen molar-refractivity contribution < 1.29 is 4.74 Å². The quantitative estimate of drug-likeness (QED) is 0.635. The molecule has 1 fully saturated rings. The zero-order chi connectivity index (χ0) is 11.8. The highest BCUT2D eigenvalue weighted by Gasteiger charge is 2.28. The first-order valence-corrected chi connectivity index (χ1v) is 8.35. The van der Waals surface area contributed by atoms with Crippen molar-refractivity contribution in [3.63, 3.8) is 0 Å². The Morgan fingerprint density at radius 2 is 2.18 bits per heavy atom. The highest BCUT2D eigenvalue weighted by atomic mass is 35.5. The van der Waals surface area contributed by atoms with Crippen LogP contribution in [0.3, 0.4) is 0 Å². The third-order valence-electron chi connectivity index (χ3n) is 3.54. The topological polar surface area (TPSA) is 9.23 Å². The highest BCUT2D eigenvalue weighted by molar-refractivity contribution is 8.68. The molecule has 3 rings (SSSR count). The van der Waals surface area contributed by atoms with Crippen LogP contribution in [0, 0.1) is 5.92 Å². The third kappa shape index (κ3) is 2.42. The van der Waals surface area contributed by atoms with Gasteiger partial charge in [-0.3, -0.25) is 0 Å². The molecular formula is C13H15ClOS2. The molecule has 92 valence electrons. The maximum absolute atomic E-state index is 6.25. The first-order chi connectivity index (χ1) is 8.29. The molecule has 0 spiro atoms. The molecule has 0 radical (unpaired) electrons. The van der Waals surface area contributed by atoms with Crippen molar-refractivity contribution in [2.75, 3.05) is 6.61 Å². The molecule has 17 heavy (non-hydrogen) atoms. The molecule has 1 aromatic carbocycles. The van der Waals surface area contributed by atoms with Crippen LogP contribution in [0.5, 0.6) is 5.75 Å². The van der Waals surface area contributed by atoms with E-state index in [4.69, 9.17) is 16.3 Å². The smallest absolute Gasteiger partial charge is 0.141 e. The molecule has 2 aliphatic carbocycles. The van der Waals surface area contributed by atoms with Crippen LogP contribution in [0.25, 0.3) is 0 Å². The molecule has 1 nitrogen and oxygen atoms in total. The number of rotatable bonds is 4. The van der Waals surface area contributed by atoms with Crippen LogP contribution in [0.1, 0.15) is 35.6 Å². The van der Waals surface area contributed by atoms with E-state index in [1.807, 2.05) is 6.07 Å². The third-order valence-corrected chi connectivity index (χ3v) is 5.34. The van der Waals surface area contributed by atoms with Crippen LogP contribution in [-0.2, 0) is 6.42 Å². The van der Waals surface area contributed by atoms with Gasteiger partial charge in [-0.1, -0.05) is 28.5 Å². The van der Waals surface area contributed by atoms with Crippen LogP contribution in [-0.4, -0.2) is 6.61 Å². The molecule has 0 heterocycles. The number of benzene rings is 1. The summed E-state index contributed by atoms with van der Waals surface area (Å²) in [5.41, 5.74) is 2.67. The van der Waals surface area contributed by atoms with Gasteiger partial charge < -0.3 is 4.74 Å². The Labute approximate surface area is 116 Å². The average molecular weight is 287 g/mol. The van der Waals surface area contributed by atoms with Gasteiger partial charge in [0.05, 0.1) is 11.6 Å². The molecule has 0 aromatic heterocycles. The SMILES string of the molecule is SS[C@H]1CCc2c1ccc(Cl)c2OCC1CC1. The fourth-order valence-corrected chi connectivity index (χ4v) is 3.80. The lowest BCUT2D eigenvalue weighted by Crippen LogP contribution is -2.02. The molecule has 0 aliphatic heterocycles. The summed E-state index contributed by atoms with van der Waals surface area (Å²) in [6.45, 7) is 0.828. The van der Waals surface area contributed by atoms with Gasteiger partial charge in [-0.05, 0) is 43.2 Å². The Hall–Kier alpha value is 0.01000. The second kappa shape index (κ2) is 4.94. The summed E-state index contributed by atoms with van der Waals surface area (Å²) in [6, 6.07) is 4.09. The maximum atomic E-state index is 6.25. The fourth-order valence-electron chi connectivity index (χ4n) is 2.36. The van der Waals surface area contributed by atoms with Gasteiger partial charge in [-0.15, -0.1) is 11.7 Å². The zero-order valence-electron chi connectivity index (χ0n) is 9.49. The number of fused-ring (bicyclic) bond motifs is 1. The number of hydrogen-bond acceptors (Lipinski definition) is 3. The molecule has 1 atom stereocenters. The van der Waals surface area contributed by atoms with Gasteiger partial charge in [0.2, 0.25) is 0 Å². The molecule has 0 bridgehead atoms. The Morgan fingerprint density at radius 1 is 1.35 bits per heavy atom. The van der Waals surface area contributed by atoms with Crippen LogP contribution < -0.4 is 4.74 Å². The Kier molecular flexibility index (Phi) is 3.51. The second-order valence-electron chi connectivity index (χ2n) is 4.83. The summed E-state index contributed by atoms with van der Waals surface area (Å²) in [5.74, 6) is 1.69. The van der Waals surface area contributed by atoms with Gasteiger partial charge in [0, 0.05) is 10.8 Å². The number of thiol groups is 1. The minimum Gasteiger partial charge on any atom is -0.491 e. The monoisotopic (exact) mass is 286 g/mol. The van der Waals surface area contributed by atoms with Crippen molar-refractivity contribution in [3.05, 3.63) is 28.3 Å². The summed E-state index contributed by atoms with van der Waals surface area (Å²) in [6.07, 6.45) is 4.82. The van der Waals surface area contributed by atoms with Crippen LogP contribution in [0.2, 0.25) is 5.02 Å². The van der Waals surface area contributed by atoms with Crippen molar-refractivity contribution >= 4 is 34.1 Å². The van der Waals surface area contributed by atoms with E-state index in [1.165, 1.54) is 24.0 Å². The molecule has 0 amide bonds. The van der Waals surface area contributed by atoms with Gasteiger partial charge in [-0.2, -0.15) is 0 Å². The largest absolute Gasteiger partial charge is 0.491 e. The van der Waals surface area contributed by atoms with Crippen LogP contribution >= 0.6 is 34.1 Å². The van der Waals surface area contributed by atoms with Crippen molar-refractivity contribution in [1.82, 2.24) is 0 Å². The van der Waals surface area contributed by atoms with E-state index in [0.717, 1.165) is 36.1 Å². The molecule has 1 aromatic rings. The lowest BCUT2D eigenvalue weighted by atomic mass is 10.1. The van der Waals surface area contributed by atoms with Crippen molar-refractivity contribution in [1.29, 1.82) is 0 Å². The summed E-state index contributed by atoms with van der Waals surface area (Å²) >= 11 is 10.6. The maximum Gasteiger partial charge on any atom is 0.141 e. The van der Waals surface area contributed by atoms with Gasteiger partial charge >= 0.3 is 0 Å². The van der Waals surface area contributed by atoms with E-state index in [1.54, 1.807) is 10.8 Å². The highest BCUT2D eigenvalue weighted by Crippen LogP contribution is 2.48. The molecule has 0 saturated heterocycles. The van der Waals surface area contributed by atoms with Crippen LogP contribution in [0.15, 0.2) is 12.1 Å². The predicted octanol–water partition coefficient (Wildman–Crippen LogP) is 4.69. The van der Waals surface area contributed by atoms with Crippen molar-refractivity contribution in [3.8, 4) is 5.75 Å². The molecule has 0 unspecified atom stereocenters. The molecular weight excluding hydrogens is 272 g/mol. The minimum absolute atomic E-state index is 0.494. The van der Waals surface area contributed by atoms with Gasteiger partial charge in [0.1, 0.15) is 5.75 Å². The summed E-state index contributed by atoms with van der Waals surface area (Å²) in [4.78, 5) is 0. The second-order valence-corrected chi connectivity index (χ2v) is 6.65. The van der Waals surface area contributed by atoms with Gasteiger partial charge in [0.25, 0.3) is 0 Å². The summed E-state index contributed by atoms with van der Waals surface area (Å²) in [5, 5.41) is 1.25. The van der Waals surface area contributed by atoms with Gasteiger partial charge in [-0.25, -0.2) is 0 Å². The number of ether oxygens (including phenoxy) is 1. The van der Waals surface area contributed by atoms with Crippen molar-refractivity contribution in [2.24, 2.45) is 5.92 Å². The van der Waals surface area contributed by atoms with Gasteiger partial charge in [0.15, 0.2) is 0 Å². The lowest BCUT2D eigenvalue weighted by Gasteiger charge is -2.13. The van der Waals surface area contributed by atoms with E-state index >= 15 is 0 Å². The summed E-state index contributed by atoms with van der Waals surface area (Å²) in [7, 11) is 1.62. The average Bonchev–Trinajstić information content (AvgIpc) is 3.06. The first-order valence-electron chi connectivity index (χ1n) is 6.04. The Bertz CT molecular complexity index is 432. The van der Waals surface area contributed by atoms with E-state index in [9.17, 15) is 0 Å². The Morgan fingerprint density at radius 3 is 2.88 bits per heavy atom. The molecule has 2 aliphatic rings. The molecule has 0 N–H and O–H groups in total. The number of halogens is 1. The minimum atomic E-state index is 0.494. The normalized spacial score (nSPS) is 22.6. The molecule has 1 saturated carbocycles. The summed E-state index contributed by atoms with van der Waals surface area (Å²) < 4.78 is 5.93. The number of hydrogen-bond donors (Lipinski definition) is 1. The predicted molar refractivity (Wildman–Crippen MR) is 77.3 cm³/mol. The van der Waals surface area contributed by atoms with Crippen LogP contribution in [0.4, 0.5) is 0 Å².